The number of benzene rings is 2. The predicted molar refractivity (Wildman–Crippen MR) is 70.1 cm³/mol. The van der Waals surface area contributed by atoms with Crippen molar-refractivity contribution < 1.29 is 19.0 Å². The molecule has 2 rings (SSSR count). The Bertz CT molecular complexity index is 567. The van der Waals surface area contributed by atoms with Crippen molar-refractivity contribution in [1.82, 2.24) is 0 Å². The number of halogens is 1. The third-order valence-electron chi connectivity index (χ3n) is 2.71. The van der Waals surface area contributed by atoms with Gasteiger partial charge in [0.25, 0.3) is 0 Å². The molecule has 0 saturated heterocycles. The smallest absolute Gasteiger partial charge is 0.169 e. The zero-order valence-electron chi connectivity index (χ0n) is 10.8. The number of aliphatic hydroxyl groups is 1. The third-order valence-corrected chi connectivity index (χ3v) is 2.71. The van der Waals surface area contributed by atoms with Crippen molar-refractivity contribution in [3.8, 4) is 17.2 Å². The van der Waals surface area contributed by atoms with Gasteiger partial charge in [-0.25, -0.2) is 4.39 Å². The molecule has 0 aliphatic carbocycles. The van der Waals surface area contributed by atoms with E-state index in [0.29, 0.717) is 22.8 Å². The summed E-state index contributed by atoms with van der Waals surface area (Å²) in [6.45, 7) is 1.56. The molecule has 0 aliphatic rings. The Labute approximate surface area is 111 Å². The fraction of sp³-hybridized carbons (Fsp3) is 0.200. The molecule has 0 radical (unpaired) electrons. The highest BCUT2D eigenvalue weighted by Gasteiger charge is 2.13. The van der Waals surface area contributed by atoms with E-state index in [-0.39, 0.29) is 0 Å². The van der Waals surface area contributed by atoms with Crippen molar-refractivity contribution in [2.75, 3.05) is 7.11 Å². The number of hydrogen-bond acceptors (Lipinski definition) is 3. The van der Waals surface area contributed by atoms with Crippen LogP contribution in [0.2, 0.25) is 0 Å². The van der Waals surface area contributed by atoms with Crippen LogP contribution in [0.5, 0.6) is 17.2 Å². The lowest BCUT2D eigenvalue weighted by Gasteiger charge is -2.15. The van der Waals surface area contributed by atoms with Crippen molar-refractivity contribution in [1.29, 1.82) is 0 Å². The van der Waals surface area contributed by atoms with Crippen molar-refractivity contribution >= 4 is 0 Å². The Hall–Kier alpha value is -2.07. The van der Waals surface area contributed by atoms with Crippen LogP contribution in [-0.4, -0.2) is 12.2 Å². The molecule has 4 heteroatoms. The van der Waals surface area contributed by atoms with Gasteiger partial charge in [-0.1, -0.05) is 12.1 Å². The van der Waals surface area contributed by atoms with Crippen LogP contribution in [0, 0.1) is 5.82 Å². The number of hydrogen-bond donors (Lipinski definition) is 1. The summed E-state index contributed by atoms with van der Waals surface area (Å²) in [7, 11) is 1.54. The summed E-state index contributed by atoms with van der Waals surface area (Å²) >= 11 is 0. The second-order valence-corrected chi connectivity index (χ2v) is 4.11. The average Bonchev–Trinajstić information content (AvgIpc) is 2.41. The van der Waals surface area contributed by atoms with Gasteiger partial charge in [0, 0.05) is 5.56 Å². The summed E-state index contributed by atoms with van der Waals surface area (Å²) in [6.07, 6.45) is -0.819. The van der Waals surface area contributed by atoms with Crippen molar-refractivity contribution in [3.63, 3.8) is 0 Å². The second-order valence-electron chi connectivity index (χ2n) is 4.11. The van der Waals surface area contributed by atoms with Crippen LogP contribution in [0.25, 0.3) is 0 Å². The van der Waals surface area contributed by atoms with E-state index in [9.17, 15) is 9.50 Å². The van der Waals surface area contributed by atoms with Crippen LogP contribution >= 0.6 is 0 Å². The highest BCUT2D eigenvalue weighted by Crippen LogP contribution is 2.34. The Balaban J connectivity index is 2.38. The number of aliphatic hydroxyl groups excluding tert-OH is 1. The third kappa shape index (κ3) is 3.03. The molecular weight excluding hydrogens is 247 g/mol. The van der Waals surface area contributed by atoms with E-state index in [0.717, 1.165) is 0 Å². The Morgan fingerprint density at radius 1 is 1.05 bits per heavy atom. The van der Waals surface area contributed by atoms with E-state index in [1.165, 1.54) is 18.2 Å². The first-order valence-electron chi connectivity index (χ1n) is 5.90. The molecule has 0 bridgehead atoms. The molecule has 19 heavy (non-hydrogen) atoms. The van der Waals surface area contributed by atoms with Gasteiger partial charge in [-0.05, 0) is 37.3 Å². The zero-order chi connectivity index (χ0) is 13.8. The van der Waals surface area contributed by atoms with Crippen LogP contribution in [-0.2, 0) is 0 Å². The van der Waals surface area contributed by atoms with Gasteiger partial charge in [0.05, 0.1) is 13.2 Å². The van der Waals surface area contributed by atoms with Gasteiger partial charge in [-0.3, -0.25) is 0 Å². The quantitative estimate of drug-likeness (QED) is 0.913. The topological polar surface area (TPSA) is 38.7 Å². The lowest BCUT2D eigenvalue weighted by Crippen LogP contribution is -1.98. The summed E-state index contributed by atoms with van der Waals surface area (Å²) in [5.41, 5.74) is 0.394. The fourth-order valence-electron chi connectivity index (χ4n) is 1.76. The first-order valence-corrected chi connectivity index (χ1v) is 5.90. The standard InChI is InChI=1S/C15H15FO3/c1-10(17)12-9-11(16)7-8-13(12)19-15-6-4-3-5-14(15)18-2/h3-10,17H,1-2H3/t10-/m0/s1. The first-order chi connectivity index (χ1) is 9.11. The van der Waals surface area contributed by atoms with Crippen LogP contribution < -0.4 is 9.47 Å². The van der Waals surface area contributed by atoms with E-state index in [2.05, 4.69) is 0 Å². The molecule has 0 amide bonds. The van der Waals surface area contributed by atoms with Crippen LogP contribution in [0.15, 0.2) is 42.5 Å². The molecule has 0 spiro atoms. The lowest BCUT2D eigenvalue weighted by molar-refractivity contribution is 0.195. The predicted octanol–water partition coefficient (Wildman–Crippen LogP) is 3.68. The molecule has 1 atom stereocenters. The monoisotopic (exact) mass is 262 g/mol. The van der Waals surface area contributed by atoms with Gasteiger partial charge in [0.1, 0.15) is 11.6 Å². The number of ether oxygens (including phenoxy) is 2. The Kier molecular flexibility index (Phi) is 4.02. The number of methoxy groups -OCH3 is 1. The van der Waals surface area contributed by atoms with E-state index < -0.39 is 11.9 Å². The van der Waals surface area contributed by atoms with Gasteiger partial charge in [0.15, 0.2) is 11.5 Å². The molecule has 0 aromatic heterocycles. The summed E-state index contributed by atoms with van der Waals surface area (Å²) in [5.74, 6) is 1.08. The first kappa shape index (κ1) is 13.4. The molecule has 3 nitrogen and oxygen atoms in total. The average molecular weight is 262 g/mol. The summed E-state index contributed by atoms with van der Waals surface area (Å²) in [5, 5.41) is 9.66. The minimum absolute atomic E-state index is 0.394. The summed E-state index contributed by atoms with van der Waals surface area (Å²) in [6, 6.07) is 11.2. The Morgan fingerprint density at radius 3 is 2.37 bits per heavy atom. The molecule has 2 aromatic carbocycles. The Morgan fingerprint density at radius 2 is 1.74 bits per heavy atom. The van der Waals surface area contributed by atoms with Gasteiger partial charge in [-0.2, -0.15) is 0 Å². The minimum Gasteiger partial charge on any atom is -0.493 e. The van der Waals surface area contributed by atoms with Gasteiger partial charge < -0.3 is 14.6 Å². The molecule has 1 N–H and O–H groups in total. The molecule has 0 saturated carbocycles. The van der Waals surface area contributed by atoms with E-state index >= 15 is 0 Å². The maximum Gasteiger partial charge on any atom is 0.169 e. The number of para-hydroxylation sites is 2. The largest absolute Gasteiger partial charge is 0.493 e. The summed E-state index contributed by atoms with van der Waals surface area (Å²) < 4.78 is 24.1. The van der Waals surface area contributed by atoms with Crippen molar-refractivity contribution in [2.45, 2.75) is 13.0 Å². The minimum atomic E-state index is -0.819. The SMILES string of the molecule is COc1ccccc1Oc1ccc(F)cc1[C@H](C)O. The zero-order valence-corrected chi connectivity index (χ0v) is 10.8. The molecule has 0 fully saturated rings. The lowest BCUT2D eigenvalue weighted by atomic mass is 10.1. The molecule has 2 aromatic rings. The molecule has 0 aliphatic heterocycles. The molecule has 100 valence electrons. The van der Waals surface area contributed by atoms with Gasteiger partial charge in [-0.15, -0.1) is 0 Å². The van der Waals surface area contributed by atoms with Gasteiger partial charge >= 0.3 is 0 Å². The van der Waals surface area contributed by atoms with E-state index in [1.807, 2.05) is 12.1 Å². The fourth-order valence-corrected chi connectivity index (χ4v) is 1.76. The van der Waals surface area contributed by atoms with Crippen LogP contribution in [0.3, 0.4) is 0 Å². The normalized spacial score (nSPS) is 12.0. The second kappa shape index (κ2) is 5.71. The van der Waals surface area contributed by atoms with E-state index in [4.69, 9.17) is 9.47 Å². The van der Waals surface area contributed by atoms with E-state index in [1.54, 1.807) is 26.2 Å². The highest BCUT2D eigenvalue weighted by molar-refractivity contribution is 5.45. The summed E-state index contributed by atoms with van der Waals surface area (Å²) in [4.78, 5) is 0. The van der Waals surface area contributed by atoms with Crippen LogP contribution in [0.4, 0.5) is 4.39 Å². The van der Waals surface area contributed by atoms with Crippen LogP contribution in [0.1, 0.15) is 18.6 Å². The number of rotatable bonds is 4. The van der Waals surface area contributed by atoms with Crippen molar-refractivity contribution in [3.05, 3.63) is 53.8 Å². The van der Waals surface area contributed by atoms with Crippen molar-refractivity contribution in [2.24, 2.45) is 0 Å². The molecule has 0 heterocycles. The highest BCUT2D eigenvalue weighted by atomic mass is 19.1. The maximum atomic E-state index is 13.2. The van der Waals surface area contributed by atoms with Gasteiger partial charge in [0.2, 0.25) is 0 Å². The molecule has 0 unspecified atom stereocenters. The maximum absolute atomic E-state index is 13.2. The molecular formula is C15H15FO3.